The number of nitrogens with one attached hydrogen (secondary N) is 1. The number of anilines is 1. The van der Waals surface area contributed by atoms with E-state index in [4.69, 9.17) is 16.3 Å². The van der Waals surface area contributed by atoms with Gasteiger partial charge in [0.05, 0.1) is 11.8 Å². The first kappa shape index (κ1) is 12.7. The predicted octanol–water partition coefficient (Wildman–Crippen LogP) is 3.85. The average Bonchev–Trinajstić information content (AvgIpc) is 2.34. The maximum Gasteiger partial charge on any atom is 0.146 e. The summed E-state index contributed by atoms with van der Waals surface area (Å²) in [5.41, 5.74) is 0.485. The fourth-order valence-corrected chi connectivity index (χ4v) is 2.30. The van der Waals surface area contributed by atoms with Gasteiger partial charge in [-0.2, -0.15) is 0 Å². The number of hydrogen-bond acceptors (Lipinski definition) is 2. The normalized spacial score (nSPS) is 24.6. The Morgan fingerprint density at radius 2 is 2.35 bits per heavy atom. The molecule has 0 amide bonds. The molecule has 0 bridgehead atoms. The van der Waals surface area contributed by atoms with Crippen LogP contribution in [0.15, 0.2) is 18.2 Å². The minimum atomic E-state index is -0.256. The Kier molecular flexibility index (Phi) is 4.24. The first-order valence-electron chi connectivity index (χ1n) is 6.02. The zero-order valence-corrected chi connectivity index (χ0v) is 10.6. The molecule has 0 spiro atoms. The van der Waals surface area contributed by atoms with Gasteiger partial charge in [0.1, 0.15) is 5.82 Å². The summed E-state index contributed by atoms with van der Waals surface area (Å²) in [6, 6.07) is 4.84. The van der Waals surface area contributed by atoms with Gasteiger partial charge in [0.25, 0.3) is 0 Å². The molecule has 0 aromatic heterocycles. The van der Waals surface area contributed by atoms with Crippen molar-refractivity contribution >= 4 is 17.3 Å². The van der Waals surface area contributed by atoms with Crippen LogP contribution in [0.3, 0.4) is 0 Å². The van der Waals surface area contributed by atoms with Crippen molar-refractivity contribution in [3.8, 4) is 0 Å². The summed E-state index contributed by atoms with van der Waals surface area (Å²) in [6.07, 6.45) is 3.10. The molecule has 4 heteroatoms. The van der Waals surface area contributed by atoms with Crippen LogP contribution >= 0.6 is 11.6 Å². The maximum atomic E-state index is 13.6. The summed E-state index contributed by atoms with van der Waals surface area (Å²) >= 11 is 5.86. The largest absolute Gasteiger partial charge is 0.380 e. The van der Waals surface area contributed by atoms with Crippen LogP contribution in [-0.2, 0) is 4.74 Å². The number of halogens is 2. The molecule has 1 fully saturated rings. The molecule has 2 atom stereocenters. The van der Waals surface area contributed by atoms with Crippen LogP contribution in [0.1, 0.15) is 26.2 Å². The molecular formula is C13H17ClFNO. The van der Waals surface area contributed by atoms with Crippen LogP contribution in [0.4, 0.5) is 10.1 Å². The van der Waals surface area contributed by atoms with E-state index >= 15 is 0 Å². The number of benzene rings is 1. The van der Waals surface area contributed by atoms with Crippen LogP contribution in [0.2, 0.25) is 5.02 Å². The van der Waals surface area contributed by atoms with Crippen LogP contribution < -0.4 is 5.32 Å². The Morgan fingerprint density at radius 3 is 3.12 bits per heavy atom. The summed E-state index contributed by atoms with van der Waals surface area (Å²) in [5.74, 6) is -0.256. The minimum absolute atomic E-state index is 0.256. The second-order valence-electron chi connectivity index (χ2n) is 4.39. The van der Waals surface area contributed by atoms with Crippen molar-refractivity contribution in [2.24, 2.45) is 0 Å². The number of ether oxygens (including phenoxy) is 1. The van der Waals surface area contributed by atoms with Crippen molar-refractivity contribution in [2.75, 3.05) is 11.9 Å². The highest BCUT2D eigenvalue weighted by Gasteiger charge is 2.21. The molecule has 1 aliphatic heterocycles. The summed E-state index contributed by atoms with van der Waals surface area (Å²) in [6.45, 7) is 2.84. The molecule has 0 radical (unpaired) electrons. The topological polar surface area (TPSA) is 21.3 Å². The maximum absolute atomic E-state index is 13.6. The molecule has 1 aromatic rings. The van der Waals surface area contributed by atoms with Crippen molar-refractivity contribution < 1.29 is 9.13 Å². The zero-order chi connectivity index (χ0) is 12.3. The van der Waals surface area contributed by atoms with Gasteiger partial charge >= 0.3 is 0 Å². The Labute approximate surface area is 106 Å². The second kappa shape index (κ2) is 5.69. The molecule has 1 aliphatic rings. The number of rotatable bonds is 3. The highest BCUT2D eigenvalue weighted by Crippen LogP contribution is 2.24. The van der Waals surface area contributed by atoms with Crippen molar-refractivity contribution in [3.05, 3.63) is 29.0 Å². The van der Waals surface area contributed by atoms with Gasteiger partial charge in [-0.15, -0.1) is 0 Å². The predicted molar refractivity (Wildman–Crippen MR) is 68.1 cm³/mol. The Morgan fingerprint density at radius 1 is 1.53 bits per heavy atom. The van der Waals surface area contributed by atoms with Gasteiger partial charge in [-0.3, -0.25) is 0 Å². The molecule has 1 N–H and O–H groups in total. The first-order chi connectivity index (χ1) is 8.19. The van der Waals surface area contributed by atoms with E-state index in [-0.39, 0.29) is 18.0 Å². The molecule has 2 rings (SSSR count). The third-order valence-corrected chi connectivity index (χ3v) is 3.35. The zero-order valence-electron chi connectivity index (χ0n) is 9.88. The summed E-state index contributed by atoms with van der Waals surface area (Å²) in [5, 5.41) is 3.76. The van der Waals surface area contributed by atoms with E-state index in [0.717, 1.165) is 25.9 Å². The first-order valence-corrected chi connectivity index (χ1v) is 6.40. The van der Waals surface area contributed by atoms with Gasteiger partial charge in [0.2, 0.25) is 0 Å². The van der Waals surface area contributed by atoms with Crippen molar-refractivity contribution in [3.63, 3.8) is 0 Å². The molecule has 94 valence electrons. The van der Waals surface area contributed by atoms with Crippen LogP contribution in [0.25, 0.3) is 0 Å². The van der Waals surface area contributed by atoms with Gasteiger partial charge in [0, 0.05) is 17.7 Å². The van der Waals surface area contributed by atoms with Gasteiger partial charge in [0.15, 0.2) is 0 Å². The standard InChI is InChI=1S/C13H17ClFNO/c1-2-11-8-10(5-6-17-11)16-13-7-9(14)3-4-12(13)15/h3-4,7,10-11,16H,2,5-6,8H2,1H3. The Hall–Kier alpha value is -0.800. The molecule has 17 heavy (non-hydrogen) atoms. The lowest BCUT2D eigenvalue weighted by Gasteiger charge is -2.30. The third kappa shape index (κ3) is 3.33. The molecule has 1 saturated heterocycles. The van der Waals surface area contributed by atoms with Gasteiger partial charge in [-0.25, -0.2) is 4.39 Å². The number of hydrogen-bond donors (Lipinski definition) is 1. The van der Waals surface area contributed by atoms with E-state index in [0.29, 0.717) is 10.7 Å². The lowest BCUT2D eigenvalue weighted by molar-refractivity contribution is 0.00921. The van der Waals surface area contributed by atoms with Crippen molar-refractivity contribution in [1.82, 2.24) is 0 Å². The molecule has 1 heterocycles. The average molecular weight is 258 g/mol. The molecule has 0 aliphatic carbocycles. The molecule has 0 saturated carbocycles. The van der Waals surface area contributed by atoms with E-state index in [1.54, 1.807) is 12.1 Å². The van der Waals surface area contributed by atoms with Crippen LogP contribution in [-0.4, -0.2) is 18.8 Å². The molecular weight excluding hydrogens is 241 g/mol. The lowest BCUT2D eigenvalue weighted by atomic mass is 10.0. The SMILES string of the molecule is CCC1CC(Nc2cc(Cl)ccc2F)CCO1. The summed E-state index contributed by atoms with van der Waals surface area (Å²) in [7, 11) is 0. The van der Waals surface area contributed by atoms with Gasteiger partial charge in [-0.1, -0.05) is 18.5 Å². The van der Waals surface area contributed by atoms with Crippen molar-refractivity contribution in [2.45, 2.75) is 38.3 Å². The van der Waals surface area contributed by atoms with Crippen LogP contribution in [0.5, 0.6) is 0 Å². The summed E-state index contributed by atoms with van der Waals surface area (Å²) in [4.78, 5) is 0. The Bertz CT molecular complexity index is 386. The van der Waals surface area contributed by atoms with E-state index in [1.807, 2.05) is 0 Å². The third-order valence-electron chi connectivity index (χ3n) is 3.11. The van der Waals surface area contributed by atoms with E-state index in [9.17, 15) is 4.39 Å². The monoisotopic (exact) mass is 257 g/mol. The Balaban J connectivity index is 2.02. The van der Waals surface area contributed by atoms with E-state index < -0.39 is 0 Å². The molecule has 2 unspecified atom stereocenters. The highest BCUT2D eigenvalue weighted by atomic mass is 35.5. The highest BCUT2D eigenvalue weighted by molar-refractivity contribution is 6.30. The van der Waals surface area contributed by atoms with Gasteiger partial charge in [-0.05, 0) is 37.5 Å². The summed E-state index contributed by atoms with van der Waals surface area (Å²) < 4.78 is 19.1. The lowest BCUT2D eigenvalue weighted by Crippen LogP contribution is -2.33. The smallest absolute Gasteiger partial charge is 0.146 e. The molecule has 1 aromatic carbocycles. The van der Waals surface area contributed by atoms with E-state index in [2.05, 4.69) is 12.2 Å². The van der Waals surface area contributed by atoms with E-state index in [1.165, 1.54) is 6.07 Å². The van der Waals surface area contributed by atoms with Crippen molar-refractivity contribution in [1.29, 1.82) is 0 Å². The fourth-order valence-electron chi connectivity index (χ4n) is 2.12. The second-order valence-corrected chi connectivity index (χ2v) is 4.83. The quantitative estimate of drug-likeness (QED) is 0.888. The minimum Gasteiger partial charge on any atom is -0.380 e. The fraction of sp³-hybridized carbons (Fsp3) is 0.538. The molecule has 2 nitrogen and oxygen atoms in total. The van der Waals surface area contributed by atoms with Gasteiger partial charge < -0.3 is 10.1 Å². The van der Waals surface area contributed by atoms with Crippen LogP contribution in [0, 0.1) is 5.82 Å².